The van der Waals surface area contributed by atoms with Gasteiger partial charge >= 0.3 is 5.97 Å². The van der Waals surface area contributed by atoms with Crippen molar-refractivity contribution in [3.8, 4) is 28.4 Å². The number of hydrogen-bond donors (Lipinski definition) is 0. The number of halogens is 2. The molecule has 0 bridgehead atoms. The lowest BCUT2D eigenvalue weighted by molar-refractivity contribution is -0.155. The number of oxime groups is 1. The van der Waals surface area contributed by atoms with Crippen molar-refractivity contribution in [1.82, 2.24) is 0 Å². The molecule has 6 nitrogen and oxygen atoms in total. The summed E-state index contributed by atoms with van der Waals surface area (Å²) in [7, 11) is 1.65. The van der Waals surface area contributed by atoms with Crippen LogP contribution in [-0.2, 0) is 14.4 Å². The molecular weight excluding hydrogens is 554 g/mol. The van der Waals surface area contributed by atoms with Gasteiger partial charge in [-0.3, -0.25) is 0 Å². The molecule has 0 N–H and O–H groups in total. The second-order valence-corrected chi connectivity index (χ2v) is 8.59. The predicted molar refractivity (Wildman–Crippen MR) is 135 cm³/mol. The van der Waals surface area contributed by atoms with Gasteiger partial charge in [0.25, 0.3) is 0 Å². The molecule has 172 valence electrons. The molecule has 0 saturated carbocycles. The van der Waals surface area contributed by atoms with E-state index in [9.17, 15) is 4.79 Å². The summed E-state index contributed by atoms with van der Waals surface area (Å²) in [4.78, 5) is 16.8. The van der Waals surface area contributed by atoms with Crippen LogP contribution in [-0.4, -0.2) is 32.0 Å². The molecule has 3 aromatic carbocycles. The van der Waals surface area contributed by atoms with E-state index >= 15 is 0 Å². The van der Waals surface area contributed by atoms with E-state index in [1.807, 2.05) is 60.7 Å². The normalized spacial score (nSPS) is 11.8. The highest BCUT2D eigenvalue weighted by molar-refractivity contribution is 9.11. The van der Waals surface area contributed by atoms with Crippen molar-refractivity contribution in [2.75, 3.05) is 13.7 Å². The Bertz CT molecular complexity index is 1110. The SMILES string of the molecule is CCOC(=O)C(C)ON=Cc1cc(Br)c(Oc2ccc(OC)c(-c3ccccc3)c2)c(Br)c1. The minimum atomic E-state index is -0.787. The Morgan fingerprint density at radius 1 is 1.06 bits per heavy atom. The van der Waals surface area contributed by atoms with Crippen LogP contribution in [0.1, 0.15) is 19.4 Å². The third kappa shape index (κ3) is 6.58. The molecule has 0 aliphatic carbocycles. The third-order valence-corrected chi connectivity index (χ3v) is 5.71. The number of hydrogen-bond acceptors (Lipinski definition) is 6. The number of rotatable bonds is 9. The van der Waals surface area contributed by atoms with Gasteiger partial charge in [-0.15, -0.1) is 0 Å². The molecular formula is C25H23Br2NO5. The Balaban J connectivity index is 1.79. The Hall–Kier alpha value is -2.84. The summed E-state index contributed by atoms with van der Waals surface area (Å²) in [5, 5.41) is 3.88. The number of ether oxygens (including phenoxy) is 3. The summed E-state index contributed by atoms with van der Waals surface area (Å²) >= 11 is 7.11. The lowest BCUT2D eigenvalue weighted by Gasteiger charge is -2.14. The van der Waals surface area contributed by atoms with Gasteiger partial charge in [0.05, 0.1) is 28.9 Å². The molecule has 8 heteroatoms. The van der Waals surface area contributed by atoms with Gasteiger partial charge in [0, 0.05) is 5.56 Å². The first kappa shape index (κ1) is 24.8. The van der Waals surface area contributed by atoms with E-state index in [0.717, 1.165) is 22.4 Å². The second-order valence-electron chi connectivity index (χ2n) is 6.88. The molecule has 1 atom stereocenters. The van der Waals surface area contributed by atoms with Crippen molar-refractivity contribution < 1.29 is 23.8 Å². The number of methoxy groups -OCH3 is 1. The largest absolute Gasteiger partial charge is 0.496 e. The molecule has 3 aromatic rings. The van der Waals surface area contributed by atoms with E-state index < -0.39 is 12.1 Å². The van der Waals surface area contributed by atoms with Crippen LogP contribution in [0.15, 0.2) is 74.8 Å². The number of nitrogens with zero attached hydrogens (tertiary/aromatic N) is 1. The topological polar surface area (TPSA) is 66.4 Å². The van der Waals surface area contributed by atoms with E-state index in [4.69, 9.17) is 19.0 Å². The van der Waals surface area contributed by atoms with E-state index in [1.54, 1.807) is 21.0 Å². The lowest BCUT2D eigenvalue weighted by Crippen LogP contribution is -2.21. The zero-order valence-corrected chi connectivity index (χ0v) is 21.6. The van der Waals surface area contributed by atoms with Gasteiger partial charge in [-0.2, -0.15) is 0 Å². The second kappa shape index (κ2) is 11.9. The number of esters is 1. The summed E-state index contributed by atoms with van der Waals surface area (Å²) in [6, 6.07) is 19.3. The van der Waals surface area contributed by atoms with Gasteiger partial charge in [-0.25, -0.2) is 4.79 Å². The third-order valence-electron chi connectivity index (χ3n) is 4.54. The maximum atomic E-state index is 11.6. The van der Waals surface area contributed by atoms with Gasteiger partial charge in [0.1, 0.15) is 11.5 Å². The van der Waals surface area contributed by atoms with E-state index in [2.05, 4.69) is 37.0 Å². The molecule has 0 spiro atoms. The highest BCUT2D eigenvalue weighted by atomic mass is 79.9. The summed E-state index contributed by atoms with van der Waals surface area (Å²) in [5.74, 6) is 1.56. The average molecular weight is 577 g/mol. The summed E-state index contributed by atoms with van der Waals surface area (Å²) < 4.78 is 18.0. The minimum absolute atomic E-state index is 0.290. The van der Waals surface area contributed by atoms with Crippen molar-refractivity contribution in [2.45, 2.75) is 20.0 Å². The molecule has 0 fully saturated rings. The molecule has 3 rings (SSSR count). The van der Waals surface area contributed by atoms with Crippen molar-refractivity contribution in [1.29, 1.82) is 0 Å². The Labute approximate surface area is 209 Å². The predicted octanol–water partition coefficient (Wildman–Crippen LogP) is 6.98. The molecule has 1 unspecified atom stereocenters. The highest BCUT2D eigenvalue weighted by Gasteiger charge is 2.15. The summed E-state index contributed by atoms with van der Waals surface area (Å²) in [6.45, 7) is 3.61. The van der Waals surface area contributed by atoms with E-state index in [0.29, 0.717) is 27.1 Å². The first-order valence-corrected chi connectivity index (χ1v) is 11.8. The van der Waals surface area contributed by atoms with Crippen molar-refractivity contribution in [3.63, 3.8) is 0 Å². The fraction of sp³-hybridized carbons (Fsp3) is 0.200. The van der Waals surface area contributed by atoms with Crippen molar-refractivity contribution in [3.05, 3.63) is 75.2 Å². The molecule has 0 saturated heterocycles. The molecule has 33 heavy (non-hydrogen) atoms. The van der Waals surface area contributed by atoms with Gasteiger partial charge in [-0.1, -0.05) is 35.5 Å². The molecule has 0 radical (unpaired) electrons. The Morgan fingerprint density at radius 2 is 1.76 bits per heavy atom. The fourth-order valence-corrected chi connectivity index (χ4v) is 4.33. The van der Waals surface area contributed by atoms with Crippen molar-refractivity contribution in [2.24, 2.45) is 5.16 Å². The first-order valence-electron chi connectivity index (χ1n) is 10.2. The smallest absolute Gasteiger partial charge is 0.349 e. The Morgan fingerprint density at radius 3 is 2.39 bits per heavy atom. The highest BCUT2D eigenvalue weighted by Crippen LogP contribution is 2.40. The standard InChI is InChI=1S/C25H23Br2NO5/c1-4-31-25(29)16(2)33-28-15-17-12-21(26)24(22(27)13-17)32-19-10-11-23(30-3)20(14-19)18-8-6-5-7-9-18/h5-16H,4H2,1-3H3. The van der Waals surface area contributed by atoms with E-state index in [-0.39, 0.29) is 0 Å². The van der Waals surface area contributed by atoms with Crippen LogP contribution in [0.4, 0.5) is 0 Å². The van der Waals surface area contributed by atoms with Gasteiger partial charge in [0.2, 0.25) is 6.10 Å². The average Bonchev–Trinajstić information content (AvgIpc) is 2.82. The first-order chi connectivity index (χ1) is 15.9. The van der Waals surface area contributed by atoms with Crippen LogP contribution in [0.3, 0.4) is 0 Å². The summed E-state index contributed by atoms with van der Waals surface area (Å²) in [5.41, 5.74) is 2.71. The van der Waals surface area contributed by atoms with Crippen LogP contribution < -0.4 is 9.47 Å². The molecule has 0 heterocycles. The van der Waals surface area contributed by atoms with Crippen LogP contribution in [0.25, 0.3) is 11.1 Å². The maximum Gasteiger partial charge on any atom is 0.349 e. The van der Waals surface area contributed by atoms with Gasteiger partial charge in [-0.05, 0) is 87.2 Å². The lowest BCUT2D eigenvalue weighted by atomic mass is 10.0. The molecule has 0 aliphatic rings. The monoisotopic (exact) mass is 575 g/mol. The van der Waals surface area contributed by atoms with Gasteiger partial charge in [0.15, 0.2) is 5.75 Å². The molecule has 0 aliphatic heterocycles. The number of carbonyl (C=O) groups is 1. The van der Waals surface area contributed by atoms with Crippen LogP contribution in [0.5, 0.6) is 17.2 Å². The number of benzene rings is 3. The van der Waals surface area contributed by atoms with Crippen LogP contribution in [0.2, 0.25) is 0 Å². The van der Waals surface area contributed by atoms with Crippen LogP contribution >= 0.6 is 31.9 Å². The fourth-order valence-electron chi connectivity index (χ4n) is 2.95. The van der Waals surface area contributed by atoms with Crippen LogP contribution in [0, 0.1) is 0 Å². The molecule has 0 aromatic heterocycles. The van der Waals surface area contributed by atoms with Crippen molar-refractivity contribution >= 4 is 44.0 Å². The zero-order chi connectivity index (χ0) is 23.8. The van der Waals surface area contributed by atoms with Gasteiger partial charge < -0.3 is 19.0 Å². The quantitative estimate of drug-likeness (QED) is 0.156. The minimum Gasteiger partial charge on any atom is -0.496 e. The van der Waals surface area contributed by atoms with E-state index in [1.165, 1.54) is 6.21 Å². The zero-order valence-electron chi connectivity index (χ0n) is 18.4. The Kier molecular flexibility index (Phi) is 8.91. The maximum absolute atomic E-state index is 11.6. The number of carbonyl (C=O) groups excluding carboxylic acids is 1. The molecule has 0 amide bonds. The summed E-state index contributed by atoms with van der Waals surface area (Å²) in [6.07, 6.45) is 0.722.